The smallest absolute Gasteiger partial charge is 0.152 e. The number of nitrogens with one attached hydrogen (secondary N) is 1. The average molecular weight is 254 g/mol. The fourth-order valence-corrected chi connectivity index (χ4v) is 2.52. The number of anilines is 1. The van der Waals surface area contributed by atoms with Gasteiger partial charge >= 0.3 is 0 Å². The third-order valence-electron chi connectivity index (χ3n) is 3.52. The highest BCUT2D eigenvalue weighted by Crippen LogP contribution is 2.24. The Kier molecular flexibility index (Phi) is 4.24. The first-order valence-corrected chi connectivity index (χ1v) is 6.58. The zero-order valence-electron chi connectivity index (χ0n) is 10.5. The molecule has 0 aliphatic carbocycles. The number of piperidine rings is 1. The molecule has 1 saturated heterocycles. The van der Waals surface area contributed by atoms with Crippen molar-refractivity contribution in [2.45, 2.75) is 19.8 Å². The van der Waals surface area contributed by atoms with Gasteiger partial charge in [0.15, 0.2) is 5.15 Å². The summed E-state index contributed by atoms with van der Waals surface area (Å²) < 4.78 is 0. The normalized spacial score (nSPS) is 18.3. The Morgan fingerprint density at radius 3 is 2.82 bits per heavy atom. The van der Waals surface area contributed by atoms with E-state index in [1.165, 1.54) is 25.9 Å². The molecule has 1 aliphatic rings. The molecule has 2 heterocycles. The van der Waals surface area contributed by atoms with Gasteiger partial charge in [0, 0.05) is 12.7 Å². The van der Waals surface area contributed by atoms with E-state index in [0.29, 0.717) is 5.15 Å². The second kappa shape index (κ2) is 5.69. The molecule has 1 fully saturated rings. The predicted octanol–water partition coefficient (Wildman–Crippen LogP) is 2.80. The molecule has 0 saturated carbocycles. The van der Waals surface area contributed by atoms with Crippen LogP contribution in [0, 0.1) is 12.8 Å². The van der Waals surface area contributed by atoms with Crippen LogP contribution in [0.4, 0.5) is 5.69 Å². The van der Waals surface area contributed by atoms with Crippen LogP contribution in [0.25, 0.3) is 0 Å². The Labute approximate surface area is 108 Å². The van der Waals surface area contributed by atoms with Crippen LogP contribution in [-0.2, 0) is 0 Å². The van der Waals surface area contributed by atoms with Crippen molar-refractivity contribution in [2.24, 2.45) is 5.92 Å². The number of nitrogens with zero attached hydrogens (tertiary/aromatic N) is 2. The number of hydrogen-bond donors (Lipinski definition) is 1. The lowest BCUT2D eigenvalue weighted by atomic mass is 9.97. The van der Waals surface area contributed by atoms with Gasteiger partial charge in [0.1, 0.15) is 0 Å². The molecule has 0 bridgehead atoms. The Balaban J connectivity index is 1.89. The van der Waals surface area contributed by atoms with E-state index in [-0.39, 0.29) is 0 Å². The van der Waals surface area contributed by atoms with Gasteiger partial charge in [-0.25, -0.2) is 4.98 Å². The summed E-state index contributed by atoms with van der Waals surface area (Å²) in [4.78, 5) is 6.50. The molecule has 4 heteroatoms. The maximum absolute atomic E-state index is 6.09. The lowest BCUT2D eigenvalue weighted by Crippen LogP contribution is -2.33. The number of likely N-dealkylation sites (tertiary alicyclic amines) is 1. The highest BCUT2D eigenvalue weighted by atomic mass is 35.5. The molecule has 1 aromatic rings. The van der Waals surface area contributed by atoms with E-state index in [1.807, 2.05) is 6.07 Å². The summed E-state index contributed by atoms with van der Waals surface area (Å²) in [6.45, 7) is 5.46. The van der Waals surface area contributed by atoms with Gasteiger partial charge in [-0.15, -0.1) is 0 Å². The Morgan fingerprint density at radius 2 is 2.18 bits per heavy atom. The van der Waals surface area contributed by atoms with Crippen molar-refractivity contribution in [2.75, 3.05) is 32.0 Å². The van der Waals surface area contributed by atoms with E-state index in [2.05, 4.69) is 29.2 Å². The average Bonchev–Trinajstić information content (AvgIpc) is 2.31. The second-order valence-electron chi connectivity index (χ2n) is 4.92. The van der Waals surface area contributed by atoms with Crippen LogP contribution in [0.2, 0.25) is 5.15 Å². The zero-order valence-corrected chi connectivity index (χ0v) is 11.3. The molecule has 0 unspecified atom stereocenters. The van der Waals surface area contributed by atoms with Gasteiger partial charge < -0.3 is 10.2 Å². The standard InChI is InChI=1S/C13H20ClN3/c1-10-3-6-15-13(14)12(10)16-9-11-4-7-17(2)8-5-11/h3,6,11,16H,4-5,7-9H2,1-2H3. The van der Waals surface area contributed by atoms with E-state index in [1.54, 1.807) is 6.20 Å². The van der Waals surface area contributed by atoms with Gasteiger partial charge in [-0.3, -0.25) is 0 Å². The van der Waals surface area contributed by atoms with Crippen LogP contribution >= 0.6 is 11.6 Å². The van der Waals surface area contributed by atoms with Crippen molar-refractivity contribution in [1.29, 1.82) is 0 Å². The largest absolute Gasteiger partial charge is 0.382 e. The maximum Gasteiger partial charge on any atom is 0.152 e. The molecule has 3 nitrogen and oxygen atoms in total. The quantitative estimate of drug-likeness (QED) is 0.840. The fourth-order valence-electron chi connectivity index (χ4n) is 2.25. The summed E-state index contributed by atoms with van der Waals surface area (Å²) in [5.41, 5.74) is 2.16. The Morgan fingerprint density at radius 1 is 1.47 bits per heavy atom. The van der Waals surface area contributed by atoms with Crippen molar-refractivity contribution < 1.29 is 0 Å². The first kappa shape index (κ1) is 12.7. The van der Waals surface area contributed by atoms with E-state index < -0.39 is 0 Å². The monoisotopic (exact) mass is 253 g/mol. The topological polar surface area (TPSA) is 28.2 Å². The molecule has 0 spiro atoms. The van der Waals surface area contributed by atoms with Gasteiger partial charge in [-0.05, 0) is 57.5 Å². The van der Waals surface area contributed by atoms with E-state index in [0.717, 1.165) is 23.7 Å². The number of halogens is 1. The summed E-state index contributed by atoms with van der Waals surface area (Å²) in [5, 5.41) is 4.03. The van der Waals surface area contributed by atoms with Crippen LogP contribution in [-0.4, -0.2) is 36.6 Å². The highest BCUT2D eigenvalue weighted by molar-refractivity contribution is 6.32. The Hall–Kier alpha value is -0.800. The van der Waals surface area contributed by atoms with E-state index in [9.17, 15) is 0 Å². The van der Waals surface area contributed by atoms with Gasteiger partial charge in [0.2, 0.25) is 0 Å². The van der Waals surface area contributed by atoms with Crippen LogP contribution < -0.4 is 5.32 Å². The first-order valence-electron chi connectivity index (χ1n) is 6.20. The third kappa shape index (κ3) is 3.33. The number of aromatic nitrogens is 1. The SMILES string of the molecule is Cc1ccnc(Cl)c1NCC1CCN(C)CC1. The predicted molar refractivity (Wildman–Crippen MR) is 72.7 cm³/mol. The number of aryl methyl sites for hydroxylation is 1. The summed E-state index contributed by atoms with van der Waals surface area (Å²) in [5.74, 6) is 0.752. The summed E-state index contributed by atoms with van der Waals surface area (Å²) >= 11 is 6.09. The zero-order chi connectivity index (χ0) is 12.3. The molecule has 94 valence electrons. The molecule has 0 atom stereocenters. The van der Waals surface area contributed by atoms with Gasteiger partial charge in [-0.2, -0.15) is 0 Å². The molecule has 0 radical (unpaired) electrons. The van der Waals surface area contributed by atoms with Crippen LogP contribution in [0.3, 0.4) is 0 Å². The molecule has 2 rings (SSSR count). The van der Waals surface area contributed by atoms with Crippen molar-refractivity contribution in [3.05, 3.63) is 23.0 Å². The number of rotatable bonds is 3. The van der Waals surface area contributed by atoms with Crippen LogP contribution in [0.5, 0.6) is 0 Å². The van der Waals surface area contributed by atoms with Crippen LogP contribution in [0.15, 0.2) is 12.3 Å². The first-order chi connectivity index (χ1) is 8.16. The van der Waals surface area contributed by atoms with Crippen molar-refractivity contribution >= 4 is 17.3 Å². The molecule has 1 N–H and O–H groups in total. The fraction of sp³-hybridized carbons (Fsp3) is 0.615. The minimum Gasteiger partial charge on any atom is -0.382 e. The number of pyridine rings is 1. The van der Waals surface area contributed by atoms with E-state index in [4.69, 9.17) is 11.6 Å². The lowest BCUT2D eigenvalue weighted by Gasteiger charge is -2.29. The van der Waals surface area contributed by atoms with Crippen LogP contribution in [0.1, 0.15) is 18.4 Å². The molecule has 0 aromatic carbocycles. The molecule has 17 heavy (non-hydrogen) atoms. The minimum atomic E-state index is 0.581. The third-order valence-corrected chi connectivity index (χ3v) is 3.81. The highest BCUT2D eigenvalue weighted by Gasteiger charge is 2.17. The van der Waals surface area contributed by atoms with E-state index >= 15 is 0 Å². The van der Waals surface area contributed by atoms with Gasteiger partial charge in [-0.1, -0.05) is 11.6 Å². The van der Waals surface area contributed by atoms with Crippen molar-refractivity contribution in [1.82, 2.24) is 9.88 Å². The summed E-state index contributed by atoms with van der Waals surface area (Å²) in [7, 11) is 2.19. The summed E-state index contributed by atoms with van der Waals surface area (Å²) in [6, 6.07) is 1.99. The second-order valence-corrected chi connectivity index (χ2v) is 5.28. The summed E-state index contributed by atoms with van der Waals surface area (Å²) in [6.07, 6.45) is 4.28. The Bertz CT molecular complexity index is 353. The number of hydrogen-bond acceptors (Lipinski definition) is 3. The van der Waals surface area contributed by atoms with Crippen molar-refractivity contribution in [3.63, 3.8) is 0 Å². The molecular formula is C13H20ClN3. The maximum atomic E-state index is 6.09. The molecule has 0 amide bonds. The molecule has 1 aliphatic heterocycles. The molecule has 1 aromatic heterocycles. The van der Waals surface area contributed by atoms with Gasteiger partial charge in [0.05, 0.1) is 5.69 Å². The molecular weight excluding hydrogens is 234 g/mol. The van der Waals surface area contributed by atoms with Crippen molar-refractivity contribution in [3.8, 4) is 0 Å². The minimum absolute atomic E-state index is 0.581. The van der Waals surface area contributed by atoms with Gasteiger partial charge in [0.25, 0.3) is 0 Å². The lowest BCUT2D eigenvalue weighted by molar-refractivity contribution is 0.226.